The van der Waals surface area contributed by atoms with Crippen molar-refractivity contribution in [2.45, 2.75) is 31.2 Å². The Morgan fingerprint density at radius 3 is 2.89 bits per heavy atom. The van der Waals surface area contributed by atoms with Gasteiger partial charge in [-0.15, -0.1) is 11.8 Å². The second-order valence-electron chi connectivity index (χ2n) is 4.53. The van der Waals surface area contributed by atoms with Gasteiger partial charge in [0.25, 0.3) is 0 Å². The van der Waals surface area contributed by atoms with Gasteiger partial charge in [0.1, 0.15) is 0 Å². The second-order valence-corrected chi connectivity index (χ2v) is 5.66. The summed E-state index contributed by atoms with van der Waals surface area (Å²) in [4.78, 5) is 3.44. The molecule has 0 radical (unpaired) electrons. The number of rotatable bonds is 8. The molecule has 0 atom stereocenters. The normalized spacial score (nSPS) is 11.2. The Morgan fingerprint density at radius 2 is 2.06 bits per heavy atom. The predicted molar refractivity (Wildman–Crippen MR) is 81.4 cm³/mol. The fraction of sp³-hybridized carbons (Fsp3) is 0.467. The maximum atomic E-state index is 3.49. The van der Waals surface area contributed by atoms with E-state index in [0.717, 1.165) is 18.8 Å². The number of aromatic nitrogens is 1. The van der Waals surface area contributed by atoms with Crippen molar-refractivity contribution in [3.05, 3.63) is 30.3 Å². The molecule has 2 N–H and O–H groups in total. The number of thioether (sulfide) groups is 1. The van der Waals surface area contributed by atoms with Crippen molar-refractivity contribution in [2.75, 3.05) is 18.8 Å². The van der Waals surface area contributed by atoms with Gasteiger partial charge in [-0.3, -0.25) is 0 Å². The van der Waals surface area contributed by atoms with Crippen LogP contribution in [0.5, 0.6) is 0 Å². The molecular weight excluding hydrogens is 240 g/mol. The number of H-pyrrole nitrogens is 1. The summed E-state index contributed by atoms with van der Waals surface area (Å²) in [6.07, 6.45) is 3.93. The van der Waals surface area contributed by atoms with Gasteiger partial charge in [0, 0.05) is 23.2 Å². The zero-order valence-electron chi connectivity index (χ0n) is 11.0. The minimum Gasteiger partial charge on any atom is -0.350 e. The number of hydrogen-bond donors (Lipinski definition) is 2. The van der Waals surface area contributed by atoms with E-state index in [4.69, 9.17) is 0 Å². The molecule has 0 saturated heterocycles. The summed E-state index contributed by atoms with van der Waals surface area (Å²) in [5.41, 5.74) is 1.23. The highest BCUT2D eigenvalue weighted by molar-refractivity contribution is 7.99. The molecule has 3 heteroatoms. The van der Waals surface area contributed by atoms with Crippen LogP contribution in [0.1, 0.15) is 26.2 Å². The minimum atomic E-state index is 1.09. The van der Waals surface area contributed by atoms with Gasteiger partial charge in [-0.05, 0) is 25.1 Å². The van der Waals surface area contributed by atoms with E-state index in [1.807, 2.05) is 11.8 Å². The quantitative estimate of drug-likeness (QED) is 0.555. The van der Waals surface area contributed by atoms with Crippen LogP contribution in [0.3, 0.4) is 0 Å². The van der Waals surface area contributed by atoms with Crippen LogP contribution in [0.2, 0.25) is 0 Å². The summed E-state index contributed by atoms with van der Waals surface area (Å²) < 4.78 is 0. The SMILES string of the molecule is CCCCCNCCSc1cc2ccccc2[nH]1. The maximum Gasteiger partial charge on any atom is 0.0732 e. The highest BCUT2D eigenvalue weighted by Gasteiger charge is 1.99. The average molecular weight is 262 g/mol. The average Bonchev–Trinajstić information content (AvgIpc) is 2.80. The molecule has 0 fully saturated rings. The Kier molecular flexibility index (Phi) is 5.62. The standard InChI is InChI=1S/C15H22N2S/c1-2-3-6-9-16-10-11-18-15-12-13-7-4-5-8-14(13)17-15/h4-5,7-8,12,16-17H,2-3,6,9-11H2,1H3. The van der Waals surface area contributed by atoms with Gasteiger partial charge in [-0.1, -0.05) is 38.0 Å². The lowest BCUT2D eigenvalue weighted by Crippen LogP contribution is -2.18. The molecule has 0 unspecified atom stereocenters. The molecule has 0 aliphatic heterocycles. The zero-order chi connectivity index (χ0) is 12.6. The lowest BCUT2D eigenvalue weighted by Gasteiger charge is -2.02. The largest absolute Gasteiger partial charge is 0.350 e. The Bertz CT molecular complexity index is 431. The van der Waals surface area contributed by atoms with Crippen LogP contribution in [-0.2, 0) is 0 Å². The van der Waals surface area contributed by atoms with Gasteiger partial charge in [-0.2, -0.15) is 0 Å². The minimum absolute atomic E-state index is 1.09. The first kappa shape index (κ1) is 13.5. The van der Waals surface area contributed by atoms with Crippen molar-refractivity contribution in [3.63, 3.8) is 0 Å². The molecule has 0 spiro atoms. The molecule has 1 aromatic carbocycles. The molecular formula is C15H22N2S. The maximum absolute atomic E-state index is 3.49. The van der Waals surface area contributed by atoms with Gasteiger partial charge in [-0.25, -0.2) is 0 Å². The Morgan fingerprint density at radius 1 is 1.17 bits per heavy atom. The number of unbranched alkanes of at least 4 members (excludes halogenated alkanes) is 2. The number of aromatic amines is 1. The molecule has 0 aliphatic rings. The van der Waals surface area contributed by atoms with Crippen LogP contribution in [0.4, 0.5) is 0 Å². The Hall–Kier alpha value is -0.930. The summed E-state index contributed by atoms with van der Waals surface area (Å²) in [6.45, 7) is 4.48. The lowest BCUT2D eigenvalue weighted by molar-refractivity contribution is 0.636. The number of para-hydroxylation sites is 1. The van der Waals surface area contributed by atoms with E-state index < -0.39 is 0 Å². The molecule has 1 aromatic heterocycles. The van der Waals surface area contributed by atoms with Crippen molar-refractivity contribution in [1.82, 2.24) is 10.3 Å². The van der Waals surface area contributed by atoms with Crippen LogP contribution in [0.15, 0.2) is 35.4 Å². The Labute approximate surface area is 114 Å². The number of benzene rings is 1. The molecule has 0 bridgehead atoms. The molecule has 2 rings (SSSR count). The molecule has 18 heavy (non-hydrogen) atoms. The van der Waals surface area contributed by atoms with Crippen LogP contribution in [0, 0.1) is 0 Å². The molecule has 2 nitrogen and oxygen atoms in total. The molecule has 98 valence electrons. The van der Waals surface area contributed by atoms with E-state index in [9.17, 15) is 0 Å². The van der Waals surface area contributed by atoms with Crippen LogP contribution in [0.25, 0.3) is 10.9 Å². The fourth-order valence-corrected chi connectivity index (χ4v) is 2.84. The number of hydrogen-bond acceptors (Lipinski definition) is 2. The van der Waals surface area contributed by atoms with Crippen molar-refractivity contribution < 1.29 is 0 Å². The first-order valence-electron chi connectivity index (χ1n) is 6.81. The first-order valence-corrected chi connectivity index (χ1v) is 7.80. The highest BCUT2D eigenvalue weighted by atomic mass is 32.2. The van der Waals surface area contributed by atoms with Crippen molar-refractivity contribution in [1.29, 1.82) is 0 Å². The molecule has 2 aromatic rings. The third-order valence-corrected chi connectivity index (χ3v) is 3.94. The van der Waals surface area contributed by atoms with Gasteiger partial charge < -0.3 is 10.3 Å². The fourth-order valence-electron chi connectivity index (χ4n) is 1.98. The third-order valence-electron chi connectivity index (χ3n) is 3.00. The molecule has 1 heterocycles. The topological polar surface area (TPSA) is 27.8 Å². The molecule has 0 saturated carbocycles. The second kappa shape index (κ2) is 7.49. The van der Waals surface area contributed by atoms with E-state index in [0.29, 0.717) is 0 Å². The summed E-state index contributed by atoms with van der Waals surface area (Å²) in [6, 6.07) is 10.7. The van der Waals surface area contributed by atoms with E-state index in [1.54, 1.807) is 0 Å². The lowest BCUT2D eigenvalue weighted by atomic mass is 10.2. The third kappa shape index (κ3) is 4.07. The zero-order valence-corrected chi connectivity index (χ0v) is 11.9. The van der Waals surface area contributed by atoms with Gasteiger partial charge in [0.05, 0.1) is 5.03 Å². The summed E-state index contributed by atoms with van der Waals surface area (Å²) in [5.74, 6) is 1.12. The van der Waals surface area contributed by atoms with Gasteiger partial charge in [0.2, 0.25) is 0 Å². The van der Waals surface area contributed by atoms with Crippen molar-refractivity contribution >= 4 is 22.7 Å². The van der Waals surface area contributed by atoms with E-state index in [-0.39, 0.29) is 0 Å². The molecule has 0 amide bonds. The molecule has 0 aliphatic carbocycles. The van der Waals surface area contributed by atoms with Gasteiger partial charge in [0.15, 0.2) is 0 Å². The summed E-state index contributed by atoms with van der Waals surface area (Å²) >= 11 is 1.89. The predicted octanol–water partition coefficient (Wildman–Crippen LogP) is 4.04. The van der Waals surface area contributed by atoms with E-state index in [1.165, 1.54) is 35.2 Å². The highest BCUT2D eigenvalue weighted by Crippen LogP contribution is 2.22. The Balaban J connectivity index is 1.67. The monoisotopic (exact) mass is 262 g/mol. The van der Waals surface area contributed by atoms with Gasteiger partial charge >= 0.3 is 0 Å². The first-order chi connectivity index (χ1) is 8.90. The number of nitrogens with one attached hydrogen (secondary N) is 2. The summed E-state index contributed by atoms with van der Waals surface area (Å²) in [5, 5.41) is 6.06. The van der Waals surface area contributed by atoms with Crippen molar-refractivity contribution in [3.8, 4) is 0 Å². The van der Waals surface area contributed by atoms with E-state index in [2.05, 4.69) is 47.6 Å². The van der Waals surface area contributed by atoms with Crippen LogP contribution >= 0.6 is 11.8 Å². The van der Waals surface area contributed by atoms with E-state index >= 15 is 0 Å². The summed E-state index contributed by atoms with van der Waals surface area (Å²) in [7, 11) is 0. The van der Waals surface area contributed by atoms with Crippen LogP contribution < -0.4 is 5.32 Å². The smallest absolute Gasteiger partial charge is 0.0732 e. The van der Waals surface area contributed by atoms with Crippen molar-refractivity contribution in [2.24, 2.45) is 0 Å². The van der Waals surface area contributed by atoms with Crippen LogP contribution in [-0.4, -0.2) is 23.8 Å². The number of fused-ring (bicyclic) bond motifs is 1.